The summed E-state index contributed by atoms with van der Waals surface area (Å²) in [6.07, 6.45) is -0.227. The molecule has 3 rings (SSSR count). The predicted octanol–water partition coefficient (Wildman–Crippen LogP) is 3.00. The van der Waals surface area contributed by atoms with E-state index in [2.05, 4.69) is 4.98 Å². The molecule has 0 fully saturated rings. The van der Waals surface area contributed by atoms with Gasteiger partial charge in [-0.3, -0.25) is 9.36 Å². The van der Waals surface area contributed by atoms with Crippen LogP contribution < -0.4 is 10.3 Å². The van der Waals surface area contributed by atoms with Gasteiger partial charge < -0.3 is 14.0 Å². The Labute approximate surface area is 157 Å². The van der Waals surface area contributed by atoms with Gasteiger partial charge in [-0.25, -0.2) is 9.78 Å². The molecule has 0 spiro atoms. The van der Waals surface area contributed by atoms with Gasteiger partial charge in [0.2, 0.25) is 0 Å². The number of esters is 1. The Morgan fingerprint density at radius 3 is 2.48 bits per heavy atom. The van der Waals surface area contributed by atoms with Gasteiger partial charge in [0, 0.05) is 7.05 Å². The first-order valence-electron chi connectivity index (χ1n) is 8.88. The standard InChI is InChI=1S/C20H23N3O4/c1-6-26-20(25)16-17(27-12(2)3)15-18(22(16)5)21-13(4)23(19(15)24)14-10-8-7-9-11-14/h7-12H,6H2,1-5H3. The minimum absolute atomic E-state index is 0.190. The quantitative estimate of drug-likeness (QED) is 0.646. The van der Waals surface area contributed by atoms with Crippen molar-refractivity contribution in [3.63, 3.8) is 0 Å². The normalized spacial score (nSPS) is 11.2. The maximum atomic E-state index is 13.4. The lowest BCUT2D eigenvalue weighted by Gasteiger charge is -2.12. The van der Waals surface area contributed by atoms with E-state index in [1.54, 1.807) is 25.5 Å². The van der Waals surface area contributed by atoms with E-state index in [9.17, 15) is 9.59 Å². The maximum absolute atomic E-state index is 13.4. The lowest BCUT2D eigenvalue weighted by Crippen LogP contribution is -2.22. The number of hydrogen-bond acceptors (Lipinski definition) is 5. The first-order chi connectivity index (χ1) is 12.9. The number of fused-ring (bicyclic) bond motifs is 1. The fourth-order valence-corrected chi connectivity index (χ4v) is 3.09. The van der Waals surface area contributed by atoms with Crippen LogP contribution in [0.3, 0.4) is 0 Å². The van der Waals surface area contributed by atoms with Gasteiger partial charge in [-0.15, -0.1) is 0 Å². The number of aryl methyl sites for hydroxylation is 2. The van der Waals surface area contributed by atoms with E-state index in [1.165, 1.54) is 4.57 Å². The van der Waals surface area contributed by atoms with Crippen molar-refractivity contribution < 1.29 is 14.3 Å². The van der Waals surface area contributed by atoms with E-state index in [0.717, 1.165) is 0 Å². The van der Waals surface area contributed by atoms with Gasteiger partial charge in [-0.05, 0) is 39.8 Å². The van der Waals surface area contributed by atoms with Crippen molar-refractivity contribution in [3.05, 3.63) is 52.2 Å². The van der Waals surface area contributed by atoms with Crippen LogP contribution in [-0.4, -0.2) is 32.8 Å². The SMILES string of the molecule is CCOC(=O)c1c(OC(C)C)c2c(=O)n(-c3ccccc3)c(C)nc2n1C. The largest absolute Gasteiger partial charge is 0.488 e. The molecule has 2 heterocycles. The predicted molar refractivity (Wildman–Crippen MR) is 103 cm³/mol. The van der Waals surface area contributed by atoms with Crippen molar-refractivity contribution in [2.24, 2.45) is 7.05 Å². The fourth-order valence-electron chi connectivity index (χ4n) is 3.09. The lowest BCUT2D eigenvalue weighted by atomic mass is 10.2. The van der Waals surface area contributed by atoms with Gasteiger partial charge in [0.1, 0.15) is 11.2 Å². The Morgan fingerprint density at radius 2 is 1.89 bits per heavy atom. The van der Waals surface area contributed by atoms with Crippen molar-refractivity contribution in [1.29, 1.82) is 0 Å². The number of aromatic nitrogens is 3. The summed E-state index contributed by atoms with van der Waals surface area (Å²) in [5.74, 6) is 0.186. The van der Waals surface area contributed by atoms with Crippen LogP contribution in [-0.2, 0) is 11.8 Å². The topological polar surface area (TPSA) is 75.3 Å². The summed E-state index contributed by atoms with van der Waals surface area (Å²) in [5, 5.41) is 0.267. The molecule has 0 radical (unpaired) electrons. The molecule has 2 aromatic heterocycles. The number of para-hydroxylation sites is 1. The summed E-state index contributed by atoms with van der Waals surface area (Å²) >= 11 is 0. The highest BCUT2D eigenvalue weighted by molar-refractivity contribution is 6.00. The third kappa shape index (κ3) is 3.20. The monoisotopic (exact) mass is 369 g/mol. The summed E-state index contributed by atoms with van der Waals surface area (Å²) in [4.78, 5) is 30.5. The summed E-state index contributed by atoms with van der Waals surface area (Å²) < 4.78 is 14.1. The van der Waals surface area contributed by atoms with E-state index in [1.807, 2.05) is 44.2 Å². The highest BCUT2D eigenvalue weighted by Crippen LogP contribution is 2.31. The first kappa shape index (κ1) is 18.7. The Hall–Kier alpha value is -3.09. The average Bonchev–Trinajstić information content (AvgIpc) is 2.87. The fraction of sp³-hybridized carbons (Fsp3) is 0.350. The van der Waals surface area contributed by atoms with Crippen LogP contribution in [0.1, 0.15) is 37.1 Å². The van der Waals surface area contributed by atoms with Gasteiger partial charge in [0.15, 0.2) is 17.1 Å². The number of ether oxygens (including phenoxy) is 2. The second kappa shape index (κ2) is 7.26. The molecule has 0 atom stereocenters. The van der Waals surface area contributed by atoms with Crippen molar-refractivity contribution in [1.82, 2.24) is 14.1 Å². The molecular formula is C20H23N3O4. The molecule has 0 N–H and O–H groups in total. The molecule has 0 bridgehead atoms. The van der Waals surface area contributed by atoms with Gasteiger partial charge in [-0.1, -0.05) is 18.2 Å². The summed E-state index contributed by atoms with van der Waals surface area (Å²) in [7, 11) is 1.68. The van der Waals surface area contributed by atoms with E-state index in [0.29, 0.717) is 17.2 Å². The first-order valence-corrected chi connectivity index (χ1v) is 8.88. The van der Waals surface area contributed by atoms with E-state index < -0.39 is 5.97 Å². The molecule has 0 aliphatic rings. The number of nitrogens with zero attached hydrogens (tertiary/aromatic N) is 3. The van der Waals surface area contributed by atoms with Crippen LogP contribution in [0.5, 0.6) is 5.75 Å². The molecule has 0 aliphatic heterocycles. The molecule has 27 heavy (non-hydrogen) atoms. The Morgan fingerprint density at radius 1 is 1.22 bits per heavy atom. The van der Waals surface area contributed by atoms with Crippen LogP contribution >= 0.6 is 0 Å². The zero-order valence-electron chi connectivity index (χ0n) is 16.1. The molecule has 0 aliphatic carbocycles. The number of carbonyl (C=O) groups excluding carboxylic acids is 1. The zero-order valence-corrected chi connectivity index (χ0v) is 16.1. The highest BCUT2D eigenvalue weighted by atomic mass is 16.5. The molecule has 3 aromatic rings. The lowest BCUT2D eigenvalue weighted by molar-refractivity contribution is 0.0509. The van der Waals surface area contributed by atoms with Crippen LogP contribution in [0, 0.1) is 6.92 Å². The second-order valence-electron chi connectivity index (χ2n) is 6.46. The Balaban J connectivity index is 2.40. The van der Waals surface area contributed by atoms with Crippen molar-refractivity contribution in [3.8, 4) is 11.4 Å². The minimum atomic E-state index is -0.544. The third-order valence-electron chi connectivity index (χ3n) is 4.16. The molecule has 0 unspecified atom stereocenters. The molecule has 0 saturated carbocycles. The third-order valence-corrected chi connectivity index (χ3v) is 4.16. The minimum Gasteiger partial charge on any atom is -0.488 e. The maximum Gasteiger partial charge on any atom is 0.358 e. The van der Waals surface area contributed by atoms with Crippen molar-refractivity contribution in [2.75, 3.05) is 6.61 Å². The summed E-state index contributed by atoms with van der Waals surface area (Å²) in [6.45, 7) is 7.39. The average molecular weight is 369 g/mol. The molecule has 0 saturated heterocycles. The van der Waals surface area contributed by atoms with Crippen LogP contribution in [0.4, 0.5) is 0 Å². The molecule has 7 heteroatoms. The number of rotatable bonds is 5. The molecule has 0 amide bonds. The van der Waals surface area contributed by atoms with Gasteiger partial charge in [-0.2, -0.15) is 0 Å². The summed E-state index contributed by atoms with van der Waals surface area (Å²) in [5.41, 5.74) is 0.996. The number of carbonyl (C=O) groups is 1. The van der Waals surface area contributed by atoms with Gasteiger partial charge in [0.25, 0.3) is 5.56 Å². The molecule has 142 valence electrons. The smallest absolute Gasteiger partial charge is 0.358 e. The highest BCUT2D eigenvalue weighted by Gasteiger charge is 2.28. The van der Waals surface area contributed by atoms with Crippen LogP contribution in [0.15, 0.2) is 35.1 Å². The molecular weight excluding hydrogens is 346 g/mol. The Kier molecular flexibility index (Phi) is 5.03. The van der Waals surface area contributed by atoms with Crippen LogP contribution in [0.25, 0.3) is 16.7 Å². The van der Waals surface area contributed by atoms with Crippen molar-refractivity contribution in [2.45, 2.75) is 33.8 Å². The van der Waals surface area contributed by atoms with E-state index in [4.69, 9.17) is 9.47 Å². The molecule has 1 aromatic carbocycles. The zero-order chi connectivity index (χ0) is 19.7. The van der Waals surface area contributed by atoms with E-state index >= 15 is 0 Å². The van der Waals surface area contributed by atoms with Crippen LogP contribution in [0.2, 0.25) is 0 Å². The summed E-state index contributed by atoms with van der Waals surface area (Å²) in [6, 6.07) is 9.25. The van der Waals surface area contributed by atoms with Gasteiger partial charge >= 0.3 is 5.97 Å². The van der Waals surface area contributed by atoms with Gasteiger partial charge in [0.05, 0.1) is 18.4 Å². The van der Waals surface area contributed by atoms with E-state index in [-0.39, 0.29) is 35.1 Å². The Bertz CT molecular complexity index is 1050. The second-order valence-corrected chi connectivity index (χ2v) is 6.46. The molecule has 7 nitrogen and oxygen atoms in total. The number of hydrogen-bond donors (Lipinski definition) is 0. The van der Waals surface area contributed by atoms with Crippen molar-refractivity contribution >= 4 is 17.0 Å². The number of benzene rings is 1.